The quantitative estimate of drug-likeness (QED) is 0.821. The van der Waals surface area contributed by atoms with Gasteiger partial charge in [-0.25, -0.2) is 0 Å². The lowest BCUT2D eigenvalue weighted by molar-refractivity contribution is 0.0610. The third-order valence-electron chi connectivity index (χ3n) is 2.13. The summed E-state index contributed by atoms with van der Waals surface area (Å²) in [4.78, 5) is 11.9. The predicted molar refractivity (Wildman–Crippen MR) is 71.7 cm³/mol. The lowest BCUT2D eigenvalue weighted by Gasteiger charge is -2.12. The molecule has 0 aliphatic carbocycles. The van der Waals surface area contributed by atoms with E-state index in [4.69, 9.17) is 39.5 Å². The Morgan fingerprint density at radius 3 is 2.61 bits per heavy atom. The van der Waals surface area contributed by atoms with Crippen molar-refractivity contribution >= 4 is 40.7 Å². The molecule has 18 heavy (non-hydrogen) atoms. The molecule has 0 aromatic heterocycles. The molecule has 100 valence electrons. The first-order valence-electron chi connectivity index (χ1n) is 5.06. The van der Waals surface area contributed by atoms with Crippen LogP contribution in [0.2, 0.25) is 15.1 Å². The van der Waals surface area contributed by atoms with Crippen molar-refractivity contribution in [2.45, 2.75) is 6.10 Å². The molecule has 1 unspecified atom stereocenters. The normalized spacial score (nSPS) is 12.3. The zero-order chi connectivity index (χ0) is 13.7. The summed E-state index contributed by atoms with van der Waals surface area (Å²) >= 11 is 17.6. The van der Waals surface area contributed by atoms with Gasteiger partial charge in [0, 0.05) is 13.7 Å². The van der Waals surface area contributed by atoms with Crippen molar-refractivity contribution in [3.05, 3.63) is 32.8 Å². The van der Waals surface area contributed by atoms with Crippen LogP contribution in [-0.2, 0) is 4.74 Å². The second kappa shape index (κ2) is 7.16. The van der Waals surface area contributed by atoms with E-state index < -0.39 is 12.0 Å². The van der Waals surface area contributed by atoms with Crippen molar-refractivity contribution in [3.8, 4) is 0 Å². The van der Waals surface area contributed by atoms with Crippen LogP contribution in [0.5, 0.6) is 0 Å². The second-order valence-corrected chi connectivity index (χ2v) is 4.73. The summed E-state index contributed by atoms with van der Waals surface area (Å²) in [6.45, 7) is 0.156. The van der Waals surface area contributed by atoms with E-state index in [2.05, 4.69) is 5.32 Å². The number of carbonyl (C=O) groups is 1. The lowest BCUT2D eigenvalue weighted by atomic mass is 10.2. The van der Waals surface area contributed by atoms with Gasteiger partial charge >= 0.3 is 0 Å². The number of benzene rings is 1. The first-order valence-corrected chi connectivity index (χ1v) is 6.19. The maximum Gasteiger partial charge on any atom is 0.254 e. The van der Waals surface area contributed by atoms with Crippen molar-refractivity contribution in [3.63, 3.8) is 0 Å². The molecule has 1 aromatic rings. The lowest BCUT2D eigenvalue weighted by Crippen LogP contribution is -2.34. The Labute approximate surface area is 120 Å². The van der Waals surface area contributed by atoms with Crippen LogP contribution in [0.1, 0.15) is 10.4 Å². The highest BCUT2D eigenvalue weighted by molar-refractivity contribution is 6.46. The number of aliphatic hydroxyl groups is 1. The van der Waals surface area contributed by atoms with Gasteiger partial charge in [-0.2, -0.15) is 0 Å². The molecule has 0 saturated heterocycles. The summed E-state index contributed by atoms with van der Waals surface area (Å²) in [6.07, 6.45) is -0.796. The topological polar surface area (TPSA) is 58.6 Å². The number of carbonyl (C=O) groups excluding carboxylic acids is 1. The summed E-state index contributed by atoms with van der Waals surface area (Å²) in [5.74, 6) is -0.498. The smallest absolute Gasteiger partial charge is 0.254 e. The number of rotatable bonds is 5. The van der Waals surface area contributed by atoms with Gasteiger partial charge in [0.15, 0.2) is 0 Å². The van der Waals surface area contributed by atoms with Crippen molar-refractivity contribution in [1.82, 2.24) is 5.32 Å². The molecule has 0 aliphatic heterocycles. The maximum atomic E-state index is 11.9. The molecule has 0 fully saturated rings. The standard InChI is InChI=1S/C11H12Cl3NO3/c1-18-5-6(16)4-15-11(17)9-7(12)2-3-8(13)10(9)14/h2-3,6,16H,4-5H2,1H3,(H,15,17). The van der Waals surface area contributed by atoms with Crippen LogP contribution in [-0.4, -0.2) is 37.4 Å². The van der Waals surface area contributed by atoms with Gasteiger partial charge in [-0.15, -0.1) is 0 Å². The number of aliphatic hydroxyl groups excluding tert-OH is 1. The fourth-order valence-corrected chi connectivity index (χ4v) is 1.99. The SMILES string of the molecule is COCC(O)CNC(=O)c1c(Cl)ccc(Cl)c1Cl. The highest BCUT2D eigenvalue weighted by Gasteiger charge is 2.17. The first-order chi connectivity index (χ1) is 8.47. The molecule has 1 aromatic carbocycles. The van der Waals surface area contributed by atoms with Crippen LogP contribution in [0, 0.1) is 0 Å². The van der Waals surface area contributed by atoms with E-state index in [9.17, 15) is 9.90 Å². The maximum absolute atomic E-state index is 11.9. The number of amides is 1. The van der Waals surface area contributed by atoms with Crippen LogP contribution in [0.4, 0.5) is 0 Å². The fourth-order valence-electron chi connectivity index (χ4n) is 1.29. The Balaban J connectivity index is 2.76. The summed E-state index contributed by atoms with van der Waals surface area (Å²) in [6, 6.07) is 2.99. The first kappa shape index (κ1) is 15.5. The van der Waals surface area contributed by atoms with Gasteiger partial charge < -0.3 is 15.2 Å². The third-order valence-corrected chi connectivity index (χ3v) is 3.25. The van der Waals surface area contributed by atoms with E-state index >= 15 is 0 Å². The Morgan fingerprint density at radius 1 is 1.39 bits per heavy atom. The Kier molecular flexibility index (Phi) is 6.18. The summed E-state index contributed by atoms with van der Waals surface area (Å²) in [5, 5.41) is 12.4. The van der Waals surface area contributed by atoms with Crippen molar-refractivity contribution in [2.24, 2.45) is 0 Å². The molecule has 0 saturated carbocycles. The number of hydrogen-bond acceptors (Lipinski definition) is 3. The Hall–Kier alpha value is -0.520. The molecule has 1 amide bonds. The number of nitrogens with one attached hydrogen (secondary N) is 1. The zero-order valence-corrected chi connectivity index (χ0v) is 11.8. The van der Waals surface area contributed by atoms with Crippen molar-refractivity contribution in [2.75, 3.05) is 20.3 Å². The molecule has 7 heteroatoms. The zero-order valence-electron chi connectivity index (χ0n) is 9.54. The molecule has 0 radical (unpaired) electrons. The highest BCUT2D eigenvalue weighted by atomic mass is 35.5. The van der Waals surface area contributed by atoms with E-state index in [1.807, 2.05) is 0 Å². The van der Waals surface area contributed by atoms with Crippen molar-refractivity contribution in [1.29, 1.82) is 0 Å². The fraction of sp³-hybridized carbons (Fsp3) is 0.364. The van der Waals surface area contributed by atoms with Crippen LogP contribution in [0.15, 0.2) is 12.1 Å². The minimum atomic E-state index is -0.796. The van der Waals surface area contributed by atoms with Crippen LogP contribution < -0.4 is 5.32 Å². The molecular formula is C11H12Cl3NO3. The number of hydrogen-bond donors (Lipinski definition) is 2. The highest BCUT2D eigenvalue weighted by Crippen LogP contribution is 2.31. The molecule has 0 spiro atoms. The second-order valence-electron chi connectivity index (χ2n) is 3.54. The van der Waals surface area contributed by atoms with Gasteiger partial charge in [0.05, 0.1) is 33.3 Å². The average Bonchev–Trinajstić information content (AvgIpc) is 2.32. The summed E-state index contributed by atoms with van der Waals surface area (Å²) in [5.41, 5.74) is 0.0930. The number of halogens is 3. The molecule has 0 aliphatic rings. The predicted octanol–water partition coefficient (Wildman–Crippen LogP) is 2.38. The number of methoxy groups -OCH3 is 1. The van der Waals surface area contributed by atoms with E-state index in [0.717, 1.165) is 0 Å². The van der Waals surface area contributed by atoms with Crippen LogP contribution >= 0.6 is 34.8 Å². The van der Waals surface area contributed by atoms with Gasteiger partial charge in [0.2, 0.25) is 0 Å². The molecule has 4 nitrogen and oxygen atoms in total. The molecular weight excluding hydrogens is 300 g/mol. The van der Waals surface area contributed by atoms with Gasteiger partial charge in [-0.05, 0) is 12.1 Å². The van der Waals surface area contributed by atoms with Crippen LogP contribution in [0.25, 0.3) is 0 Å². The third kappa shape index (κ3) is 4.00. The molecule has 1 rings (SSSR count). The monoisotopic (exact) mass is 311 g/mol. The largest absolute Gasteiger partial charge is 0.389 e. The van der Waals surface area contributed by atoms with E-state index in [-0.39, 0.29) is 33.8 Å². The minimum Gasteiger partial charge on any atom is -0.389 e. The van der Waals surface area contributed by atoms with E-state index in [1.165, 1.54) is 19.2 Å². The summed E-state index contributed by atoms with van der Waals surface area (Å²) in [7, 11) is 1.45. The molecule has 0 heterocycles. The van der Waals surface area contributed by atoms with E-state index in [0.29, 0.717) is 0 Å². The van der Waals surface area contributed by atoms with Gasteiger partial charge in [0.25, 0.3) is 5.91 Å². The van der Waals surface area contributed by atoms with E-state index in [1.54, 1.807) is 0 Å². The van der Waals surface area contributed by atoms with Crippen LogP contribution in [0.3, 0.4) is 0 Å². The minimum absolute atomic E-state index is 0.0336. The number of ether oxygens (including phenoxy) is 1. The molecule has 0 bridgehead atoms. The van der Waals surface area contributed by atoms with Gasteiger partial charge in [0.1, 0.15) is 0 Å². The van der Waals surface area contributed by atoms with Crippen molar-refractivity contribution < 1.29 is 14.6 Å². The Bertz CT molecular complexity index is 440. The average molecular weight is 313 g/mol. The van der Waals surface area contributed by atoms with Gasteiger partial charge in [-0.1, -0.05) is 34.8 Å². The Morgan fingerprint density at radius 2 is 2.00 bits per heavy atom. The summed E-state index contributed by atoms with van der Waals surface area (Å²) < 4.78 is 4.73. The van der Waals surface area contributed by atoms with Gasteiger partial charge in [-0.3, -0.25) is 4.79 Å². The molecule has 1 atom stereocenters. The molecule has 2 N–H and O–H groups in total.